The van der Waals surface area contributed by atoms with Crippen molar-refractivity contribution in [3.05, 3.63) is 16.1 Å². The third-order valence-electron chi connectivity index (χ3n) is 3.26. The molecule has 1 fully saturated rings. The summed E-state index contributed by atoms with van der Waals surface area (Å²) < 4.78 is 0. The average molecular weight is 254 g/mol. The van der Waals surface area contributed by atoms with E-state index >= 15 is 0 Å². The van der Waals surface area contributed by atoms with Gasteiger partial charge < -0.3 is 15.5 Å². The van der Waals surface area contributed by atoms with Crippen molar-refractivity contribution in [2.24, 2.45) is 11.7 Å². The van der Waals surface area contributed by atoms with E-state index < -0.39 is 0 Å². The highest BCUT2D eigenvalue weighted by Gasteiger charge is 2.20. The molecule has 5 heteroatoms. The monoisotopic (exact) mass is 254 g/mol. The van der Waals surface area contributed by atoms with Gasteiger partial charge in [-0.25, -0.2) is 4.98 Å². The number of rotatable bonds is 5. The van der Waals surface area contributed by atoms with Gasteiger partial charge in [0.15, 0.2) is 0 Å². The lowest BCUT2D eigenvalue weighted by atomic mass is 10.1. The van der Waals surface area contributed by atoms with Gasteiger partial charge in [-0.2, -0.15) is 0 Å². The Morgan fingerprint density at radius 3 is 3.06 bits per heavy atom. The molecule has 4 nitrogen and oxygen atoms in total. The highest BCUT2D eigenvalue weighted by molar-refractivity contribution is 7.09. The summed E-state index contributed by atoms with van der Waals surface area (Å²) in [6.45, 7) is 5.14. The molecule has 0 radical (unpaired) electrons. The summed E-state index contributed by atoms with van der Waals surface area (Å²) in [5.74, 6) is 0.817. The molecular formula is C12H22N4S. The fourth-order valence-electron chi connectivity index (χ4n) is 2.47. The van der Waals surface area contributed by atoms with Crippen LogP contribution in [0.25, 0.3) is 0 Å². The molecule has 2 heterocycles. The van der Waals surface area contributed by atoms with Gasteiger partial charge in [-0.3, -0.25) is 0 Å². The van der Waals surface area contributed by atoms with Crippen LogP contribution in [0, 0.1) is 5.92 Å². The Bertz CT molecular complexity index is 352. The Morgan fingerprint density at radius 2 is 2.47 bits per heavy atom. The third kappa shape index (κ3) is 3.74. The molecule has 0 aromatic carbocycles. The van der Waals surface area contributed by atoms with Crippen LogP contribution in [0.4, 0.5) is 0 Å². The molecule has 0 amide bonds. The van der Waals surface area contributed by atoms with E-state index in [0.29, 0.717) is 6.54 Å². The Morgan fingerprint density at radius 1 is 1.65 bits per heavy atom. The van der Waals surface area contributed by atoms with Crippen LogP contribution in [-0.2, 0) is 13.1 Å². The Kier molecular flexibility index (Phi) is 4.50. The van der Waals surface area contributed by atoms with Crippen molar-refractivity contribution < 1.29 is 0 Å². The van der Waals surface area contributed by atoms with Crippen LogP contribution in [0.15, 0.2) is 5.38 Å². The molecule has 2 N–H and O–H groups in total. The molecule has 1 saturated heterocycles. The summed E-state index contributed by atoms with van der Waals surface area (Å²) in [7, 11) is 4.38. The van der Waals surface area contributed by atoms with Crippen LogP contribution in [0.5, 0.6) is 0 Å². The number of nitrogens with two attached hydrogens (primary N) is 1. The molecule has 1 aliphatic rings. The minimum atomic E-state index is 0.557. The first-order chi connectivity index (χ1) is 8.17. The molecule has 96 valence electrons. The van der Waals surface area contributed by atoms with Crippen LogP contribution in [-0.4, -0.2) is 48.5 Å². The predicted octanol–water partition coefficient (Wildman–Crippen LogP) is 0.985. The third-order valence-corrected chi connectivity index (χ3v) is 4.18. The number of thiazole rings is 1. The fraction of sp³-hybridized carbons (Fsp3) is 0.750. The zero-order chi connectivity index (χ0) is 12.3. The van der Waals surface area contributed by atoms with Gasteiger partial charge in [-0.05, 0) is 33.0 Å². The first-order valence-corrected chi connectivity index (χ1v) is 7.05. The molecule has 1 atom stereocenters. The number of hydrogen-bond acceptors (Lipinski definition) is 5. The zero-order valence-electron chi connectivity index (χ0n) is 10.7. The smallest absolute Gasteiger partial charge is 0.106 e. The van der Waals surface area contributed by atoms with Crippen molar-refractivity contribution in [3.63, 3.8) is 0 Å². The van der Waals surface area contributed by atoms with E-state index in [1.807, 2.05) is 0 Å². The maximum absolute atomic E-state index is 5.57. The average Bonchev–Trinajstić information content (AvgIpc) is 2.88. The van der Waals surface area contributed by atoms with Crippen LogP contribution < -0.4 is 5.73 Å². The first-order valence-electron chi connectivity index (χ1n) is 6.18. The van der Waals surface area contributed by atoms with Gasteiger partial charge in [-0.15, -0.1) is 11.3 Å². The fourth-order valence-corrected chi connectivity index (χ4v) is 3.14. The number of likely N-dealkylation sites (tertiary alicyclic amines) is 1. The van der Waals surface area contributed by atoms with Gasteiger partial charge in [0.05, 0.1) is 5.69 Å². The van der Waals surface area contributed by atoms with Crippen molar-refractivity contribution in [1.29, 1.82) is 0 Å². The van der Waals surface area contributed by atoms with Crippen molar-refractivity contribution in [1.82, 2.24) is 14.8 Å². The van der Waals surface area contributed by atoms with Crippen molar-refractivity contribution >= 4 is 11.3 Å². The number of hydrogen-bond donors (Lipinski definition) is 1. The Balaban J connectivity index is 1.78. The minimum absolute atomic E-state index is 0.557. The second-order valence-corrected chi connectivity index (χ2v) is 5.99. The van der Waals surface area contributed by atoms with Crippen LogP contribution in [0.1, 0.15) is 17.1 Å². The standard InChI is InChI=1S/C12H22N4S/c1-15-4-3-10(6-15)7-16(2)8-11-9-17-12(5-13)14-11/h9-10H,3-8,13H2,1-2H3. The number of aromatic nitrogens is 1. The topological polar surface area (TPSA) is 45.4 Å². The van der Waals surface area contributed by atoms with Crippen molar-refractivity contribution in [2.45, 2.75) is 19.5 Å². The van der Waals surface area contributed by atoms with Gasteiger partial charge in [0.1, 0.15) is 5.01 Å². The molecule has 0 spiro atoms. The molecule has 1 aromatic heterocycles. The van der Waals surface area contributed by atoms with Gasteiger partial charge in [0.2, 0.25) is 0 Å². The molecule has 1 aromatic rings. The van der Waals surface area contributed by atoms with E-state index in [1.165, 1.54) is 26.1 Å². The largest absolute Gasteiger partial charge is 0.325 e. The molecule has 0 saturated carbocycles. The van der Waals surface area contributed by atoms with E-state index in [9.17, 15) is 0 Å². The molecule has 2 rings (SSSR count). The zero-order valence-corrected chi connectivity index (χ0v) is 11.5. The molecule has 1 aliphatic heterocycles. The highest BCUT2D eigenvalue weighted by Crippen LogP contribution is 2.17. The van der Waals surface area contributed by atoms with E-state index in [4.69, 9.17) is 5.73 Å². The van der Waals surface area contributed by atoms with Gasteiger partial charge in [-0.1, -0.05) is 0 Å². The maximum atomic E-state index is 5.57. The lowest BCUT2D eigenvalue weighted by molar-refractivity contribution is 0.265. The van der Waals surface area contributed by atoms with Crippen LogP contribution >= 0.6 is 11.3 Å². The summed E-state index contributed by atoms with van der Waals surface area (Å²) in [6, 6.07) is 0. The van der Waals surface area contributed by atoms with E-state index in [1.54, 1.807) is 11.3 Å². The van der Waals surface area contributed by atoms with Crippen molar-refractivity contribution in [3.8, 4) is 0 Å². The first kappa shape index (κ1) is 13.0. The SMILES string of the molecule is CN1CCC(CN(C)Cc2csc(CN)n2)C1. The van der Waals surface area contributed by atoms with Gasteiger partial charge >= 0.3 is 0 Å². The number of nitrogens with zero attached hydrogens (tertiary/aromatic N) is 3. The summed E-state index contributed by atoms with van der Waals surface area (Å²) in [6.07, 6.45) is 1.33. The molecule has 0 bridgehead atoms. The maximum Gasteiger partial charge on any atom is 0.106 e. The van der Waals surface area contributed by atoms with Crippen LogP contribution in [0.3, 0.4) is 0 Å². The lowest BCUT2D eigenvalue weighted by Gasteiger charge is -2.19. The second-order valence-electron chi connectivity index (χ2n) is 5.05. The normalized spacial score (nSPS) is 21.5. The van der Waals surface area contributed by atoms with E-state index in [-0.39, 0.29) is 0 Å². The summed E-state index contributed by atoms with van der Waals surface area (Å²) in [5, 5.41) is 3.16. The highest BCUT2D eigenvalue weighted by atomic mass is 32.1. The Hall–Kier alpha value is -0.490. The predicted molar refractivity (Wildman–Crippen MR) is 71.9 cm³/mol. The van der Waals surface area contributed by atoms with E-state index in [0.717, 1.165) is 23.2 Å². The molecule has 17 heavy (non-hydrogen) atoms. The van der Waals surface area contributed by atoms with Gasteiger partial charge in [0, 0.05) is 31.6 Å². The summed E-state index contributed by atoms with van der Waals surface area (Å²) >= 11 is 1.66. The molecule has 0 aliphatic carbocycles. The quantitative estimate of drug-likeness (QED) is 0.851. The van der Waals surface area contributed by atoms with Gasteiger partial charge in [0.25, 0.3) is 0 Å². The lowest BCUT2D eigenvalue weighted by Crippen LogP contribution is -2.27. The second kappa shape index (κ2) is 5.91. The summed E-state index contributed by atoms with van der Waals surface area (Å²) in [4.78, 5) is 9.28. The minimum Gasteiger partial charge on any atom is -0.325 e. The van der Waals surface area contributed by atoms with Crippen molar-refractivity contribution in [2.75, 3.05) is 33.7 Å². The summed E-state index contributed by atoms with van der Waals surface area (Å²) in [5.41, 5.74) is 6.73. The molecule has 1 unspecified atom stereocenters. The van der Waals surface area contributed by atoms with E-state index in [2.05, 4.69) is 34.3 Å². The Labute approximate surface area is 107 Å². The molecular weight excluding hydrogens is 232 g/mol. The van der Waals surface area contributed by atoms with Crippen LogP contribution in [0.2, 0.25) is 0 Å².